The summed E-state index contributed by atoms with van der Waals surface area (Å²) >= 11 is 0. The van der Waals surface area contributed by atoms with Crippen LogP contribution >= 0.6 is 0 Å². The van der Waals surface area contributed by atoms with Crippen molar-refractivity contribution in [3.05, 3.63) is 47.0 Å². The molecule has 0 saturated heterocycles. The number of nitrogens with zero attached hydrogens (tertiary/aromatic N) is 1. The molecule has 0 saturated carbocycles. The molecule has 0 aliphatic heterocycles. The van der Waals surface area contributed by atoms with E-state index in [1.54, 1.807) is 0 Å². The zero-order valence-electron chi connectivity index (χ0n) is 8.61. The zero-order valence-corrected chi connectivity index (χ0v) is 8.61. The fraction of sp³-hybridized carbons (Fsp3) is 0.308. The van der Waals surface area contributed by atoms with Crippen molar-refractivity contribution in [1.82, 2.24) is 0 Å². The summed E-state index contributed by atoms with van der Waals surface area (Å²) in [7, 11) is 5.71. The lowest BCUT2D eigenvalue weighted by molar-refractivity contribution is 0.784. The van der Waals surface area contributed by atoms with Crippen LogP contribution in [0.4, 0.5) is 0 Å². The minimum Gasteiger partial charge on any atom is -0.198 e. The minimum atomic E-state index is 0.0363. The van der Waals surface area contributed by atoms with E-state index < -0.39 is 0 Å². The summed E-state index contributed by atoms with van der Waals surface area (Å²) in [5.74, 6) is 0.0363. The van der Waals surface area contributed by atoms with Gasteiger partial charge in [0.25, 0.3) is 0 Å². The van der Waals surface area contributed by atoms with Crippen LogP contribution in [0.1, 0.15) is 19.3 Å². The van der Waals surface area contributed by atoms with Gasteiger partial charge in [0.2, 0.25) is 0 Å². The SMILES string of the molecule is [B]C1=CC=C(C2=CC=CC(C#N)C2)CC1. The van der Waals surface area contributed by atoms with Gasteiger partial charge in [-0.2, -0.15) is 5.26 Å². The third-order valence-corrected chi connectivity index (χ3v) is 2.84. The lowest BCUT2D eigenvalue weighted by Crippen LogP contribution is -2.04. The first kappa shape index (κ1) is 10.0. The molecule has 2 rings (SSSR count). The van der Waals surface area contributed by atoms with E-state index >= 15 is 0 Å². The maximum atomic E-state index is 8.87. The average molecular weight is 193 g/mol. The molecule has 0 aromatic carbocycles. The molecule has 72 valence electrons. The molecule has 0 N–H and O–H groups in total. The highest BCUT2D eigenvalue weighted by Crippen LogP contribution is 2.29. The van der Waals surface area contributed by atoms with E-state index in [0.717, 1.165) is 24.7 Å². The van der Waals surface area contributed by atoms with E-state index in [0.29, 0.717) is 0 Å². The molecule has 0 bridgehead atoms. The molecular formula is C13H12BN. The molecule has 0 aromatic rings. The molecule has 1 unspecified atom stereocenters. The van der Waals surface area contributed by atoms with Crippen LogP contribution in [-0.4, -0.2) is 7.85 Å². The molecule has 0 spiro atoms. The first-order chi connectivity index (χ1) is 7.29. The van der Waals surface area contributed by atoms with E-state index in [9.17, 15) is 0 Å². The monoisotopic (exact) mass is 193 g/mol. The second kappa shape index (κ2) is 4.36. The fourth-order valence-corrected chi connectivity index (χ4v) is 1.93. The summed E-state index contributed by atoms with van der Waals surface area (Å²) in [5, 5.41) is 8.87. The van der Waals surface area contributed by atoms with Crippen LogP contribution < -0.4 is 0 Å². The third-order valence-electron chi connectivity index (χ3n) is 2.84. The van der Waals surface area contributed by atoms with Crippen molar-refractivity contribution in [2.45, 2.75) is 19.3 Å². The summed E-state index contributed by atoms with van der Waals surface area (Å²) in [5.41, 5.74) is 3.56. The summed E-state index contributed by atoms with van der Waals surface area (Å²) in [6.07, 6.45) is 12.9. The van der Waals surface area contributed by atoms with Crippen LogP contribution in [0.25, 0.3) is 0 Å². The maximum Gasteiger partial charge on any atom is 0.107 e. The summed E-state index contributed by atoms with van der Waals surface area (Å²) in [6.45, 7) is 0. The first-order valence-corrected chi connectivity index (χ1v) is 5.22. The molecule has 2 aliphatic rings. The smallest absolute Gasteiger partial charge is 0.107 e. The van der Waals surface area contributed by atoms with Gasteiger partial charge in [-0.3, -0.25) is 0 Å². The van der Waals surface area contributed by atoms with Crippen molar-refractivity contribution in [3.63, 3.8) is 0 Å². The number of nitriles is 1. The highest BCUT2D eigenvalue weighted by Gasteiger charge is 2.14. The van der Waals surface area contributed by atoms with Gasteiger partial charge in [-0.25, -0.2) is 0 Å². The van der Waals surface area contributed by atoms with Crippen molar-refractivity contribution >= 4 is 7.85 Å². The van der Waals surface area contributed by atoms with Gasteiger partial charge in [-0.05, 0) is 30.4 Å². The summed E-state index contributed by atoms with van der Waals surface area (Å²) in [4.78, 5) is 0. The normalized spacial score (nSPS) is 25.0. The largest absolute Gasteiger partial charge is 0.198 e. The van der Waals surface area contributed by atoms with Gasteiger partial charge in [0.15, 0.2) is 0 Å². The van der Waals surface area contributed by atoms with Gasteiger partial charge in [-0.1, -0.05) is 30.4 Å². The Labute approximate surface area is 91.9 Å². The molecule has 0 fully saturated rings. The van der Waals surface area contributed by atoms with Gasteiger partial charge >= 0.3 is 0 Å². The Kier molecular flexibility index (Phi) is 2.92. The van der Waals surface area contributed by atoms with Crippen LogP contribution in [0.15, 0.2) is 47.0 Å². The van der Waals surface area contributed by atoms with Crippen LogP contribution in [-0.2, 0) is 0 Å². The van der Waals surface area contributed by atoms with E-state index in [4.69, 9.17) is 13.1 Å². The zero-order chi connectivity index (χ0) is 10.7. The topological polar surface area (TPSA) is 23.8 Å². The Morgan fingerprint density at radius 3 is 2.73 bits per heavy atom. The average Bonchev–Trinajstić information content (AvgIpc) is 2.30. The van der Waals surface area contributed by atoms with E-state index in [-0.39, 0.29) is 5.92 Å². The van der Waals surface area contributed by atoms with Crippen LogP contribution in [0.2, 0.25) is 0 Å². The van der Waals surface area contributed by atoms with E-state index in [2.05, 4.69) is 18.2 Å². The predicted molar refractivity (Wildman–Crippen MR) is 62.1 cm³/mol. The second-order valence-corrected chi connectivity index (χ2v) is 3.95. The van der Waals surface area contributed by atoms with Crippen LogP contribution in [0, 0.1) is 17.2 Å². The van der Waals surface area contributed by atoms with E-state index in [1.165, 1.54) is 11.1 Å². The highest BCUT2D eigenvalue weighted by atomic mass is 14.3. The lowest BCUT2D eigenvalue weighted by atomic mass is 9.81. The van der Waals surface area contributed by atoms with Gasteiger partial charge < -0.3 is 0 Å². The molecule has 1 atom stereocenters. The number of hydrogen-bond acceptors (Lipinski definition) is 1. The predicted octanol–water partition coefficient (Wildman–Crippen LogP) is 2.79. The van der Waals surface area contributed by atoms with Gasteiger partial charge in [0.05, 0.1) is 12.0 Å². The van der Waals surface area contributed by atoms with Crippen LogP contribution in [0.5, 0.6) is 0 Å². The number of allylic oxidation sites excluding steroid dienone is 8. The van der Waals surface area contributed by atoms with Crippen molar-refractivity contribution in [2.24, 2.45) is 5.92 Å². The second-order valence-electron chi connectivity index (χ2n) is 3.95. The Morgan fingerprint density at radius 1 is 1.20 bits per heavy atom. The third kappa shape index (κ3) is 2.30. The van der Waals surface area contributed by atoms with Gasteiger partial charge in [-0.15, -0.1) is 5.47 Å². The van der Waals surface area contributed by atoms with Gasteiger partial charge in [0.1, 0.15) is 7.85 Å². The Hall–Kier alpha value is -1.49. The Balaban J connectivity index is 2.16. The minimum absolute atomic E-state index is 0.0363. The maximum absolute atomic E-state index is 8.87. The quantitative estimate of drug-likeness (QED) is 0.587. The molecule has 1 nitrogen and oxygen atoms in total. The highest BCUT2D eigenvalue weighted by molar-refractivity contribution is 6.21. The molecular weight excluding hydrogens is 181 g/mol. The standard InChI is InChI=1S/C13H12BN/c14-13-6-4-11(5-7-13)12-3-1-2-10(8-12)9-15/h1-4,6,10H,5,7-8H2. The number of hydrogen-bond donors (Lipinski definition) is 0. The molecule has 0 aromatic heterocycles. The molecule has 2 aliphatic carbocycles. The summed E-state index contributed by atoms with van der Waals surface area (Å²) < 4.78 is 0. The first-order valence-electron chi connectivity index (χ1n) is 5.22. The van der Waals surface area contributed by atoms with E-state index in [1.807, 2.05) is 18.2 Å². The van der Waals surface area contributed by atoms with Gasteiger partial charge in [0, 0.05) is 0 Å². The molecule has 2 heteroatoms. The fourth-order valence-electron chi connectivity index (χ4n) is 1.93. The summed E-state index contributed by atoms with van der Waals surface area (Å²) in [6, 6.07) is 2.29. The van der Waals surface area contributed by atoms with Crippen molar-refractivity contribution < 1.29 is 0 Å². The van der Waals surface area contributed by atoms with Crippen LogP contribution in [0.3, 0.4) is 0 Å². The van der Waals surface area contributed by atoms with Crippen molar-refractivity contribution in [3.8, 4) is 6.07 Å². The molecule has 0 heterocycles. The lowest BCUT2D eigenvalue weighted by Gasteiger charge is -2.18. The molecule has 2 radical (unpaired) electrons. The number of rotatable bonds is 1. The van der Waals surface area contributed by atoms with Crippen molar-refractivity contribution in [1.29, 1.82) is 5.26 Å². The Bertz CT molecular complexity index is 418. The molecule has 15 heavy (non-hydrogen) atoms. The molecule has 0 amide bonds. The Morgan fingerprint density at radius 2 is 2.07 bits per heavy atom. The van der Waals surface area contributed by atoms with Crippen molar-refractivity contribution in [2.75, 3.05) is 0 Å².